The first kappa shape index (κ1) is 28.0. The number of likely N-dealkylation sites (N-methyl/N-ethyl adjacent to an activating group) is 1. The summed E-state index contributed by atoms with van der Waals surface area (Å²) in [6.07, 6.45) is 1.75. The first-order valence-corrected chi connectivity index (χ1v) is 14.5. The van der Waals surface area contributed by atoms with Gasteiger partial charge in [-0.15, -0.1) is 0 Å². The van der Waals surface area contributed by atoms with Crippen LogP contribution in [0.15, 0.2) is 59.8 Å². The minimum absolute atomic E-state index is 0.0566. The zero-order valence-corrected chi connectivity index (χ0v) is 23.6. The molecule has 0 spiro atoms. The zero-order valence-electron chi connectivity index (χ0n) is 22.1. The molecule has 9 nitrogen and oxygen atoms in total. The molecule has 2 N–H and O–H groups in total. The molecule has 210 valence electrons. The molecule has 0 saturated heterocycles. The number of rotatable bonds is 2. The van der Waals surface area contributed by atoms with Gasteiger partial charge in [0.1, 0.15) is 18.0 Å². The van der Waals surface area contributed by atoms with Crippen LogP contribution >= 0.6 is 11.6 Å². The number of benzene rings is 3. The summed E-state index contributed by atoms with van der Waals surface area (Å²) in [6, 6.07) is 12.8. The summed E-state index contributed by atoms with van der Waals surface area (Å²) in [5.74, 6) is -0.0244. The highest BCUT2D eigenvalue weighted by Crippen LogP contribution is 2.35. The number of halogens is 2. The molecule has 1 aliphatic rings. The third-order valence-electron chi connectivity index (χ3n) is 6.81. The lowest BCUT2D eigenvalue weighted by molar-refractivity contribution is 0.258. The molecule has 1 aliphatic heterocycles. The molecule has 0 radical (unpaired) electrons. The third-order valence-corrected chi connectivity index (χ3v) is 9.16. The van der Waals surface area contributed by atoms with Crippen LogP contribution in [-0.2, 0) is 16.6 Å². The summed E-state index contributed by atoms with van der Waals surface area (Å²) in [7, 11) is -1.95. The Balaban J connectivity index is 1.55. The van der Waals surface area contributed by atoms with Crippen molar-refractivity contribution in [2.45, 2.75) is 24.8 Å². The molecule has 0 amide bonds. The van der Waals surface area contributed by atoms with E-state index in [0.29, 0.717) is 53.0 Å². The van der Waals surface area contributed by atoms with Gasteiger partial charge in [0.2, 0.25) is 10.0 Å². The van der Waals surface area contributed by atoms with Gasteiger partial charge in [-0.3, -0.25) is 0 Å². The molecule has 0 aliphatic carbocycles. The van der Waals surface area contributed by atoms with Crippen LogP contribution in [0.5, 0.6) is 11.5 Å². The van der Waals surface area contributed by atoms with Crippen LogP contribution in [0, 0.1) is 12.7 Å². The summed E-state index contributed by atoms with van der Waals surface area (Å²) in [4.78, 5) is 10.8. The number of hydrogen-bond acceptors (Lipinski definition) is 8. The molecule has 1 aromatic heterocycles. The number of nitrogens with zero attached hydrogens (tertiary/aromatic N) is 4. The fourth-order valence-corrected chi connectivity index (χ4v) is 6.52. The van der Waals surface area contributed by atoms with Crippen molar-refractivity contribution >= 4 is 44.0 Å². The number of phenols is 1. The van der Waals surface area contributed by atoms with E-state index in [9.17, 15) is 17.9 Å². The van der Waals surface area contributed by atoms with Crippen molar-refractivity contribution in [3.05, 3.63) is 76.8 Å². The molecule has 0 fully saturated rings. The Hall–Kier alpha value is -3.51. The SMILES string of the molecule is Cc1ccccc1S(=O)(=O)N1CCCOc2cc3c(ncnc3cc2O)Nc2cc(Cl)c(F)cc2CN(C)CC1. The Bertz CT molecular complexity index is 1670. The highest BCUT2D eigenvalue weighted by Gasteiger charge is 2.26. The number of aryl methyl sites for hydroxylation is 1. The number of hydrogen-bond donors (Lipinski definition) is 2. The van der Waals surface area contributed by atoms with Crippen LogP contribution in [-0.4, -0.2) is 66.0 Å². The van der Waals surface area contributed by atoms with E-state index in [1.807, 2.05) is 11.9 Å². The van der Waals surface area contributed by atoms with Gasteiger partial charge >= 0.3 is 0 Å². The summed E-state index contributed by atoms with van der Waals surface area (Å²) >= 11 is 6.14. The van der Waals surface area contributed by atoms with Gasteiger partial charge in [-0.1, -0.05) is 29.8 Å². The number of nitrogens with one attached hydrogen (secondary N) is 1. The molecule has 4 aromatic rings. The first-order valence-electron chi connectivity index (χ1n) is 12.7. The maximum absolute atomic E-state index is 14.6. The number of fused-ring (bicyclic) bond motifs is 2. The summed E-state index contributed by atoms with van der Waals surface area (Å²) in [5, 5.41) is 14.3. The van der Waals surface area contributed by atoms with Gasteiger partial charge in [0.05, 0.1) is 22.0 Å². The lowest BCUT2D eigenvalue weighted by Gasteiger charge is -2.27. The Morgan fingerprint density at radius 2 is 1.90 bits per heavy atom. The van der Waals surface area contributed by atoms with Crippen molar-refractivity contribution in [1.82, 2.24) is 19.2 Å². The van der Waals surface area contributed by atoms with Gasteiger partial charge in [0.25, 0.3) is 0 Å². The van der Waals surface area contributed by atoms with Gasteiger partial charge in [0, 0.05) is 43.3 Å². The molecule has 0 atom stereocenters. The predicted octanol–water partition coefficient (Wildman–Crippen LogP) is 5.09. The summed E-state index contributed by atoms with van der Waals surface area (Å²) < 4.78 is 49.2. The second-order valence-electron chi connectivity index (χ2n) is 9.72. The number of phenolic OH excluding ortho intramolecular Hbond substituents is 1. The Labute approximate surface area is 237 Å². The maximum atomic E-state index is 14.6. The van der Waals surface area contributed by atoms with Crippen LogP contribution in [0.3, 0.4) is 0 Å². The topological polar surface area (TPSA) is 108 Å². The van der Waals surface area contributed by atoms with E-state index in [4.69, 9.17) is 16.3 Å². The number of anilines is 2. The van der Waals surface area contributed by atoms with Gasteiger partial charge in [-0.05, 0) is 55.8 Å². The van der Waals surface area contributed by atoms with Crippen molar-refractivity contribution in [2.24, 2.45) is 0 Å². The Morgan fingerprint density at radius 1 is 1.10 bits per heavy atom. The molecule has 40 heavy (non-hydrogen) atoms. The molecular formula is C28H29ClFN5O4S. The van der Waals surface area contributed by atoms with E-state index >= 15 is 0 Å². The molecule has 12 heteroatoms. The van der Waals surface area contributed by atoms with E-state index in [2.05, 4.69) is 15.3 Å². The molecule has 2 heterocycles. The van der Waals surface area contributed by atoms with Crippen LogP contribution in [0.25, 0.3) is 10.9 Å². The zero-order chi connectivity index (χ0) is 28.4. The van der Waals surface area contributed by atoms with Crippen LogP contribution in [0.1, 0.15) is 17.5 Å². The summed E-state index contributed by atoms with van der Waals surface area (Å²) in [6.45, 7) is 3.04. The highest BCUT2D eigenvalue weighted by atomic mass is 35.5. The molecule has 3 aromatic carbocycles. The standard InChI is InChI=1S/C28H29ClFN5O4S/c1-18-6-3-4-7-27(18)40(37,38)35-8-5-11-39-26-13-20-24(15-25(26)36)31-17-32-28(20)33-23-14-21(29)22(30)12-19(23)16-34(2)9-10-35/h3-4,6-7,12-15,17,36H,5,8-11,16H2,1-2H3,(H,31,32,33). The third kappa shape index (κ3) is 5.83. The average Bonchev–Trinajstić information content (AvgIpc) is 2.91. The molecular weight excluding hydrogens is 557 g/mol. The highest BCUT2D eigenvalue weighted by molar-refractivity contribution is 7.89. The normalized spacial score (nSPS) is 15.9. The minimum atomic E-state index is -3.80. The number of aromatic nitrogens is 2. The fraction of sp³-hybridized carbons (Fsp3) is 0.286. The van der Waals surface area contributed by atoms with Gasteiger partial charge < -0.3 is 20.1 Å². The average molecular weight is 586 g/mol. The largest absolute Gasteiger partial charge is 0.504 e. The maximum Gasteiger partial charge on any atom is 0.243 e. The van der Waals surface area contributed by atoms with E-state index in [-0.39, 0.29) is 41.1 Å². The van der Waals surface area contributed by atoms with Crippen molar-refractivity contribution < 1.29 is 22.7 Å². The number of sulfonamides is 1. The first-order chi connectivity index (χ1) is 19.1. The molecule has 0 saturated carbocycles. The lowest BCUT2D eigenvalue weighted by Crippen LogP contribution is -2.38. The second-order valence-corrected chi connectivity index (χ2v) is 12.0. The van der Waals surface area contributed by atoms with Crippen LogP contribution in [0.2, 0.25) is 5.02 Å². The molecule has 2 bridgehead atoms. The predicted molar refractivity (Wildman–Crippen MR) is 152 cm³/mol. The van der Waals surface area contributed by atoms with E-state index < -0.39 is 15.8 Å². The van der Waals surface area contributed by atoms with E-state index in [0.717, 1.165) is 0 Å². The summed E-state index contributed by atoms with van der Waals surface area (Å²) in [5.41, 5.74) is 2.27. The van der Waals surface area contributed by atoms with Crippen molar-refractivity contribution in [3.63, 3.8) is 0 Å². The minimum Gasteiger partial charge on any atom is -0.504 e. The Morgan fingerprint density at radius 3 is 2.70 bits per heavy atom. The van der Waals surface area contributed by atoms with E-state index in [1.165, 1.54) is 28.8 Å². The van der Waals surface area contributed by atoms with Gasteiger partial charge in [-0.2, -0.15) is 4.31 Å². The van der Waals surface area contributed by atoms with Crippen LogP contribution in [0.4, 0.5) is 15.9 Å². The lowest BCUT2D eigenvalue weighted by atomic mass is 10.1. The van der Waals surface area contributed by atoms with Crippen molar-refractivity contribution in [2.75, 3.05) is 38.6 Å². The van der Waals surface area contributed by atoms with Crippen molar-refractivity contribution in [3.8, 4) is 11.5 Å². The smallest absolute Gasteiger partial charge is 0.243 e. The Kier molecular flexibility index (Phi) is 8.09. The number of ether oxygens (including phenoxy) is 1. The van der Waals surface area contributed by atoms with E-state index in [1.54, 1.807) is 37.3 Å². The monoisotopic (exact) mass is 585 g/mol. The quantitative estimate of drug-likeness (QED) is 0.335. The molecule has 0 unspecified atom stereocenters. The molecule has 5 rings (SSSR count). The van der Waals surface area contributed by atoms with Crippen molar-refractivity contribution in [1.29, 1.82) is 0 Å². The fourth-order valence-electron chi connectivity index (χ4n) is 4.66. The number of aromatic hydroxyl groups is 1. The van der Waals surface area contributed by atoms with Crippen LogP contribution < -0.4 is 10.1 Å². The van der Waals surface area contributed by atoms with Gasteiger partial charge in [-0.25, -0.2) is 22.8 Å². The van der Waals surface area contributed by atoms with Gasteiger partial charge in [0.15, 0.2) is 11.5 Å². The second kappa shape index (κ2) is 11.5.